The maximum absolute atomic E-state index is 13.9. The van der Waals surface area contributed by atoms with Gasteiger partial charge in [0.15, 0.2) is 5.82 Å². The van der Waals surface area contributed by atoms with E-state index in [0.29, 0.717) is 67.3 Å². The van der Waals surface area contributed by atoms with Crippen LogP contribution in [-0.4, -0.2) is 84.0 Å². The second-order valence-corrected chi connectivity index (χ2v) is 10.8. The average molecular weight is 624 g/mol. The Morgan fingerprint density at radius 1 is 1.00 bits per heavy atom. The molecule has 0 unspecified atom stereocenters. The van der Waals surface area contributed by atoms with Crippen LogP contribution >= 0.6 is 0 Å². The quantitative estimate of drug-likeness (QED) is 0.222. The summed E-state index contributed by atoms with van der Waals surface area (Å²) in [5.74, 6) is 1.16. The SMILES string of the molecule is CNc1cc(-n2nc(C)cc2Nc2cc(NC(=O)c3cc(N4CCN(CCOC)CC4)cc(C(F)(F)F)c3)ccc2C)ncn1. The first-order chi connectivity index (χ1) is 21.5. The lowest BCUT2D eigenvalue weighted by Gasteiger charge is -2.36. The zero-order chi connectivity index (χ0) is 32.1. The van der Waals surface area contributed by atoms with Crippen LogP contribution in [-0.2, 0) is 10.9 Å². The Morgan fingerprint density at radius 2 is 1.78 bits per heavy atom. The lowest BCUT2D eigenvalue weighted by molar-refractivity contribution is -0.137. The number of amides is 1. The number of piperazine rings is 1. The van der Waals surface area contributed by atoms with Crippen molar-refractivity contribution in [2.75, 3.05) is 74.3 Å². The Labute approximate surface area is 259 Å². The maximum Gasteiger partial charge on any atom is 0.416 e. The maximum atomic E-state index is 13.9. The molecule has 1 aliphatic rings. The van der Waals surface area contributed by atoms with Crippen molar-refractivity contribution in [2.24, 2.45) is 0 Å². The Kier molecular flexibility index (Phi) is 9.54. The van der Waals surface area contributed by atoms with Gasteiger partial charge in [-0.2, -0.15) is 23.0 Å². The third-order valence-electron chi connectivity index (χ3n) is 7.57. The van der Waals surface area contributed by atoms with Gasteiger partial charge in [-0.3, -0.25) is 9.69 Å². The number of benzene rings is 2. The number of aromatic nitrogens is 4. The molecule has 0 spiro atoms. The van der Waals surface area contributed by atoms with Gasteiger partial charge < -0.3 is 25.6 Å². The predicted octanol–water partition coefficient (Wildman–Crippen LogP) is 5.10. The van der Waals surface area contributed by atoms with Crippen molar-refractivity contribution < 1.29 is 22.7 Å². The van der Waals surface area contributed by atoms with Gasteiger partial charge in [0.1, 0.15) is 18.0 Å². The second kappa shape index (κ2) is 13.5. The monoisotopic (exact) mass is 623 g/mol. The molecule has 1 fully saturated rings. The lowest BCUT2D eigenvalue weighted by Crippen LogP contribution is -2.47. The molecule has 14 heteroatoms. The van der Waals surface area contributed by atoms with Crippen molar-refractivity contribution in [1.29, 1.82) is 0 Å². The van der Waals surface area contributed by atoms with E-state index in [1.807, 2.05) is 30.9 Å². The van der Waals surface area contributed by atoms with Crippen molar-refractivity contribution in [2.45, 2.75) is 20.0 Å². The fraction of sp³-hybridized carbons (Fsp3) is 0.355. The second-order valence-electron chi connectivity index (χ2n) is 10.8. The van der Waals surface area contributed by atoms with Gasteiger partial charge in [0.05, 0.1) is 17.9 Å². The Balaban J connectivity index is 1.37. The molecule has 0 atom stereocenters. The standard InChI is InChI=1S/C31H36F3N9O2/c1-20-5-6-24(17-26(20)39-29-13-21(2)40-43(29)28-18-27(35-3)36-19-37-28)38-30(44)22-14-23(31(32,33)34)16-25(15-22)42-9-7-41(8-10-42)11-12-45-4/h5-6,13-19,39H,7-12H2,1-4H3,(H,38,44)(H,35,36,37). The van der Waals surface area contributed by atoms with E-state index in [1.165, 1.54) is 12.4 Å². The fourth-order valence-electron chi connectivity index (χ4n) is 5.08. The molecule has 0 radical (unpaired) electrons. The number of halogens is 3. The van der Waals surface area contributed by atoms with Crippen molar-refractivity contribution in [3.63, 3.8) is 0 Å². The minimum atomic E-state index is -4.61. The molecule has 4 aromatic rings. The highest BCUT2D eigenvalue weighted by Gasteiger charge is 2.33. The van der Waals surface area contributed by atoms with Crippen LogP contribution in [0.3, 0.4) is 0 Å². The van der Waals surface area contributed by atoms with Crippen LogP contribution < -0.4 is 20.9 Å². The molecule has 238 valence electrons. The molecule has 3 heterocycles. The number of nitrogens with one attached hydrogen (secondary N) is 3. The third-order valence-corrected chi connectivity index (χ3v) is 7.57. The van der Waals surface area contributed by atoms with Gasteiger partial charge in [-0.25, -0.2) is 9.97 Å². The summed E-state index contributed by atoms with van der Waals surface area (Å²) in [6, 6.07) is 12.4. The first-order valence-electron chi connectivity index (χ1n) is 14.5. The smallest absolute Gasteiger partial charge is 0.383 e. The molecule has 2 aromatic heterocycles. The van der Waals surface area contributed by atoms with Crippen LogP contribution in [0.1, 0.15) is 27.2 Å². The number of hydrogen-bond donors (Lipinski definition) is 3. The topological polar surface area (TPSA) is 112 Å². The summed E-state index contributed by atoms with van der Waals surface area (Å²) in [6.45, 7) is 7.57. The van der Waals surface area contributed by atoms with Gasteiger partial charge in [0.25, 0.3) is 5.91 Å². The fourth-order valence-corrected chi connectivity index (χ4v) is 5.08. The number of rotatable bonds is 10. The Morgan fingerprint density at radius 3 is 2.49 bits per heavy atom. The molecule has 1 saturated heterocycles. The first-order valence-corrected chi connectivity index (χ1v) is 14.5. The van der Waals surface area contributed by atoms with Crippen molar-refractivity contribution in [1.82, 2.24) is 24.6 Å². The molecule has 0 saturated carbocycles. The highest BCUT2D eigenvalue weighted by Crippen LogP contribution is 2.34. The molecule has 1 amide bonds. The average Bonchev–Trinajstić information content (AvgIpc) is 3.40. The number of hydrogen-bond acceptors (Lipinski definition) is 9. The van der Waals surface area contributed by atoms with E-state index in [0.717, 1.165) is 29.9 Å². The first kappa shape index (κ1) is 31.7. The molecular formula is C31H36F3N9O2. The molecule has 2 aromatic carbocycles. The summed E-state index contributed by atoms with van der Waals surface area (Å²) >= 11 is 0. The van der Waals surface area contributed by atoms with Gasteiger partial charge >= 0.3 is 6.18 Å². The summed E-state index contributed by atoms with van der Waals surface area (Å²) in [4.78, 5) is 25.9. The van der Waals surface area contributed by atoms with E-state index in [1.54, 1.807) is 37.0 Å². The Hall–Kier alpha value is -4.69. The number of aryl methyl sites for hydroxylation is 2. The summed E-state index contributed by atoms with van der Waals surface area (Å²) in [5, 5.41) is 13.7. The Bertz CT molecular complexity index is 1650. The highest BCUT2D eigenvalue weighted by molar-refractivity contribution is 6.05. The molecule has 11 nitrogen and oxygen atoms in total. The molecular weight excluding hydrogens is 587 g/mol. The summed E-state index contributed by atoms with van der Waals surface area (Å²) in [7, 11) is 3.39. The van der Waals surface area contributed by atoms with E-state index >= 15 is 0 Å². The van der Waals surface area contributed by atoms with Crippen molar-refractivity contribution >= 4 is 34.6 Å². The number of alkyl halides is 3. The van der Waals surface area contributed by atoms with Gasteiger partial charge in [-0.05, 0) is 49.7 Å². The van der Waals surface area contributed by atoms with E-state index in [-0.39, 0.29) is 5.56 Å². The van der Waals surface area contributed by atoms with Crippen LogP contribution in [0.2, 0.25) is 0 Å². The number of methoxy groups -OCH3 is 1. The summed E-state index contributed by atoms with van der Waals surface area (Å²) in [6.07, 6.45) is -3.17. The molecule has 3 N–H and O–H groups in total. The number of ether oxygens (including phenoxy) is 1. The minimum Gasteiger partial charge on any atom is -0.383 e. The van der Waals surface area contributed by atoms with E-state index < -0.39 is 17.6 Å². The van der Waals surface area contributed by atoms with Crippen LogP contribution in [0.4, 0.5) is 41.9 Å². The van der Waals surface area contributed by atoms with E-state index in [9.17, 15) is 18.0 Å². The molecule has 1 aliphatic heterocycles. The number of nitrogens with zero attached hydrogens (tertiary/aromatic N) is 6. The number of carbonyl (C=O) groups excluding carboxylic acids is 1. The van der Waals surface area contributed by atoms with Crippen LogP contribution in [0, 0.1) is 13.8 Å². The normalized spacial score (nSPS) is 14.0. The van der Waals surface area contributed by atoms with Gasteiger partial charge in [0, 0.05) is 81.6 Å². The van der Waals surface area contributed by atoms with Gasteiger partial charge in [-0.15, -0.1) is 0 Å². The van der Waals surface area contributed by atoms with Crippen LogP contribution in [0.15, 0.2) is 54.9 Å². The molecule has 0 aliphatic carbocycles. The van der Waals surface area contributed by atoms with Crippen LogP contribution in [0.25, 0.3) is 5.82 Å². The number of carbonyl (C=O) groups is 1. The number of anilines is 5. The zero-order valence-electron chi connectivity index (χ0n) is 25.6. The van der Waals surface area contributed by atoms with E-state index in [2.05, 4.69) is 35.9 Å². The molecule has 5 rings (SSSR count). The zero-order valence-corrected chi connectivity index (χ0v) is 25.6. The highest BCUT2D eigenvalue weighted by atomic mass is 19.4. The molecule has 45 heavy (non-hydrogen) atoms. The third kappa shape index (κ3) is 7.70. The summed E-state index contributed by atoms with van der Waals surface area (Å²) < 4.78 is 48.5. The van der Waals surface area contributed by atoms with Crippen molar-refractivity contribution in [3.05, 3.63) is 77.2 Å². The van der Waals surface area contributed by atoms with Gasteiger partial charge in [-0.1, -0.05) is 6.07 Å². The van der Waals surface area contributed by atoms with Crippen molar-refractivity contribution in [3.8, 4) is 5.82 Å². The lowest BCUT2D eigenvalue weighted by atomic mass is 10.1. The van der Waals surface area contributed by atoms with Gasteiger partial charge in [0.2, 0.25) is 0 Å². The summed E-state index contributed by atoms with van der Waals surface area (Å²) in [5.41, 5.74) is 2.14. The molecule has 0 bridgehead atoms. The minimum absolute atomic E-state index is 0.0745. The largest absolute Gasteiger partial charge is 0.416 e. The van der Waals surface area contributed by atoms with E-state index in [4.69, 9.17) is 4.74 Å². The van der Waals surface area contributed by atoms with Crippen LogP contribution in [0.5, 0.6) is 0 Å². The predicted molar refractivity (Wildman–Crippen MR) is 168 cm³/mol.